The first kappa shape index (κ1) is 19.1. The molecule has 1 amide bonds. The number of nitro benzene ring substituents is 1. The van der Waals surface area contributed by atoms with Crippen LogP contribution in [-0.2, 0) is 10.0 Å². The first-order chi connectivity index (χ1) is 12.5. The van der Waals surface area contributed by atoms with Gasteiger partial charge in [-0.3, -0.25) is 19.8 Å². The molecular weight excluding hydrogens is 396 g/mol. The second-order valence-corrected chi connectivity index (χ2v) is 7.95. The SMILES string of the molecule is Cc1ccccc1N1C(=O)c2cc(S(N)(=O)=O)c(Cl)c([N+](=O)[O-])c2NC1C. The molecule has 0 saturated heterocycles. The molecule has 0 aromatic heterocycles. The Morgan fingerprint density at radius 1 is 1.33 bits per heavy atom. The molecular formula is C16H15ClN4O5S. The Hall–Kier alpha value is -2.69. The van der Waals surface area contributed by atoms with Gasteiger partial charge in [0.05, 0.1) is 10.5 Å². The number of primary sulfonamides is 1. The summed E-state index contributed by atoms with van der Waals surface area (Å²) in [5.74, 6) is -0.602. The smallest absolute Gasteiger partial charge is 0.313 e. The third-order valence-corrected chi connectivity index (χ3v) is 5.69. The van der Waals surface area contributed by atoms with Crippen molar-refractivity contribution in [2.75, 3.05) is 10.2 Å². The van der Waals surface area contributed by atoms with Gasteiger partial charge in [0.2, 0.25) is 10.0 Å². The first-order valence-electron chi connectivity index (χ1n) is 7.73. The minimum absolute atomic E-state index is 0.139. The van der Waals surface area contributed by atoms with Gasteiger partial charge in [-0.15, -0.1) is 0 Å². The number of halogens is 1. The number of hydrogen-bond donors (Lipinski definition) is 2. The van der Waals surface area contributed by atoms with E-state index in [0.29, 0.717) is 5.69 Å². The van der Waals surface area contributed by atoms with Crippen molar-refractivity contribution in [2.24, 2.45) is 5.14 Å². The van der Waals surface area contributed by atoms with Crippen LogP contribution in [0.25, 0.3) is 0 Å². The number of nitrogens with one attached hydrogen (secondary N) is 1. The fourth-order valence-electron chi connectivity index (χ4n) is 3.04. The van der Waals surface area contributed by atoms with Crippen molar-refractivity contribution in [2.45, 2.75) is 24.9 Å². The zero-order chi connectivity index (χ0) is 20.1. The van der Waals surface area contributed by atoms with Gasteiger partial charge in [-0.1, -0.05) is 29.8 Å². The molecule has 0 aliphatic carbocycles. The van der Waals surface area contributed by atoms with Crippen LogP contribution in [0.5, 0.6) is 0 Å². The van der Waals surface area contributed by atoms with Gasteiger partial charge in [-0.05, 0) is 31.5 Å². The average molecular weight is 411 g/mol. The molecule has 0 bridgehead atoms. The van der Waals surface area contributed by atoms with E-state index in [-0.39, 0.29) is 11.3 Å². The van der Waals surface area contributed by atoms with E-state index >= 15 is 0 Å². The molecule has 142 valence electrons. The molecule has 2 aromatic carbocycles. The standard InChI is InChI=1S/C16H15ClN4O5S/c1-8-5-3-4-6-11(8)20-9(2)19-14-10(16(20)22)7-12(27(18,25)26)13(17)15(14)21(23)24/h3-7,9,19H,1-2H3,(H2,18,25,26). The average Bonchev–Trinajstić information content (AvgIpc) is 2.54. The fraction of sp³-hybridized carbons (Fsp3) is 0.188. The molecule has 27 heavy (non-hydrogen) atoms. The largest absolute Gasteiger partial charge is 0.359 e. The van der Waals surface area contributed by atoms with Gasteiger partial charge in [-0.25, -0.2) is 13.6 Å². The Morgan fingerprint density at radius 2 is 1.96 bits per heavy atom. The summed E-state index contributed by atoms with van der Waals surface area (Å²) < 4.78 is 23.6. The summed E-state index contributed by atoms with van der Waals surface area (Å²) in [7, 11) is -4.39. The number of hydrogen-bond acceptors (Lipinski definition) is 6. The Kier molecular flexibility index (Phi) is 4.58. The van der Waals surface area contributed by atoms with E-state index < -0.39 is 42.6 Å². The predicted octanol–water partition coefficient (Wildman–Crippen LogP) is 2.62. The van der Waals surface area contributed by atoms with Crippen LogP contribution in [0.1, 0.15) is 22.8 Å². The van der Waals surface area contributed by atoms with Crippen LogP contribution in [0, 0.1) is 17.0 Å². The van der Waals surface area contributed by atoms with Crippen LogP contribution in [0.3, 0.4) is 0 Å². The number of fused-ring (bicyclic) bond motifs is 1. The molecule has 3 rings (SSSR count). The van der Waals surface area contributed by atoms with E-state index in [1.165, 1.54) is 4.90 Å². The number of benzene rings is 2. The van der Waals surface area contributed by atoms with Crippen molar-refractivity contribution in [3.8, 4) is 0 Å². The maximum Gasteiger partial charge on any atom is 0.313 e. The highest BCUT2D eigenvalue weighted by Crippen LogP contribution is 2.43. The molecule has 0 radical (unpaired) electrons. The maximum atomic E-state index is 13.1. The van der Waals surface area contributed by atoms with Crippen LogP contribution >= 0.6 is 11.6 Å². The lowest BCUT2D eigenvalue weighted by Gasteiger charge is -2.36. The number of aryl methyl sites for hydroxylation is 1. The van der Waals surface area contributed by atoms with Gasteiger partial charge < -0.3 is 5.32 Å². The van der Waals surface area contributed by atoms with Crippen molar-refractivity contribution >= 4 is 44.6 Å². The van der Waals surface area contributed by atoms with Crippen molar-refractivity contribution in [3.63, 3.8) is 0 Å². The second-order valence-electron chi connectivity index (χ2n) is 6.04. The normalized spacial score (nSPS) is 16.7. The van der Waals surface area contributed by atoms with Crippen LogP contribution in [0.2, 0.25) is 5.02 Å². The minimum Gasteiger partial charge on any atom is -0.359 e. The molecule has 11 heteroatoms. The molecule has 1 atom stereocenters. The summed E-state index contributed by atoms with van der Waals surface area (Å²) >= 11 is 5.93. The number of nitro groups is 1. The molecule has 9 nitrogen and oxygen atoms in total. The monoisotopic (exact) mass is 410 g/mol. The molecule has 1 aliphatic rings. The Labute approximate surface area is 159 Å². The highest BCUT2D eigenvalue weighted by atomic mass is 35.5. The van der Waals surface area contributed by atoms with Gasteiger partial charge in [0.25, 0.3) is 5.91 Å². The van der Waals surface area contributed by atoms with E-state index in [4.69, 9.17) is 16.7 Å². The summed E-state index contributed by atoms with van der Waals surface area (Å²) in [6.07, 6.45) is -0.638. The van der Waals surface area contributed by atoms with Gasteiger partial charge >= 0.3 is 5.69 Å². The number of carbonyl (C=O) groups excluding carboxylic acids is 1. The Morgan fingerprint density at radius 3 is 2.52 bits per heavy atom. The lowest BCUT2D eigenvalue weighted by atomic mass is 10.0. The number of anilines is 2. The number of nitrogens with zero attached hydrogens (tertiary/aromatic N) is 2. The first-order valence-corrected chi connectivity index (χ1v) is 9.66. The number of para-hydroxylation sites is 1. The summed E-state index contributed by atoms with van der Waals surface area (Å²) in [6.45, 7) is 3.46. The fourth-order valence-corrected chi connectivity index (χ4v) is 4.21. The summed E-state index contributed by atoms with van der Waals surface area (Å²) in [6, 6.07) is 8.06. The van der Waals surface area contributed by atoms with Crippen LogP contribution in [0.15, 0.2) is 35.2 Å². The molecule has 1 aliphatic heterocycles. The van der Waals surface area contributed by atoms with E-state index in [2.05, 4.69) is 5.32 Å². The molecule has 0 spiro atoms. The highest BCUT2D eigenvalue weighted by Gasteiger charge is 2.39. The zero-order valence-corrected chi connectivity index (χ0v) is 15.8. The number of rotatable bonds is 3. The summed E-state index contributed by atoms with van der Waals surface area (Å²) in [5.41, 5.74) is 0.347. The van der Waals surface area contributed by atoms with E-state index in [1.807, 2.05) is 19.1 Å². The van der Waals surface area contributed by atoms with Crippen molar-refractivity contribution in [1.29, 1.82) is 0 Å². The molecule has 3 N–H and O–H groups in total. The number of carbonyl (C=O) groups is 1. The predicted molar refractivity (Wildman–Crippen MR) is 101 cm³/mol. The summed E-state index contributed by atoms with van der Waals surface area (Å²) in [4.78, 5) is 24.5. The lowest BCUT2D eigenvalue weighted by molar-refractivity contribution is -0.384. The number of amides is 1. The molecule has 0 fully saturated rings. The Bertz CT molecular complexity index is 1090. The minimum atomic E-state index is -4.39. The topological polar surface area (TPSA) is 136 Å². The molecule has 2 aromatic rings. The summed E-state index contributed by atoms with van der Waals surface area (Å²) in [5, 5.41) is 18.9. The van der Waals surface area contributed by atoms with Gasteiger partial charge in [-0.2, -0.15) is 0 Å². The third kappa shape index (κ3) is 3.11. The molecule has 1 unspecified atom stereocenters. The number of nitrogens with two attached hydrogens (primary N) is 1. The van der Waals surface area contributed by atoms with E-state index in [0.717, 1.165) is 11.6 Å². The van der Waals surface area contributed by atoms with Crippen LogP contribution in [-0.4, -0.2) is 25.4 Å². The van der Waals surface area contributed by atoms with E-state index in [1.54, 1.807) is 19.1 Å². The highest BCUT2D eigenvalue weighted by molar-refractivity contribution is 7.89. The Balaban J connectivity index is 2.30. The van der Waals surface area contributed by atoms with E-state index in [9.17, 15) is 23.3 Å². The van der Waals surface area contributed by atoms with Crippen LogP contribution in [0.4, 0.5) is 17.1 Å². The van der Waals surface area contributed by atoms with Gasteiger partial charge in [0, 0.05) is 5.69 Å². The van der Waals surface area contributed by atoms with Crippen molar-refractivity contribution < 1.29 is 18.1 Å². The van der Waals surface area contributed by atoms with Crippen LogP contribution < -0.4 is 15.4 Å². The third-order valence-electron chi connectivity index (χ3n) is 4.26. The van der Waals surface area contributed by atoms with Gasteiger partial charge in [0.1, 0.15) is 21.8 Å². The van der Waals surface area contributed by atoms with Crippen molar-refractivity contribution in [1.82, 2.24) is 0 Å². The second kappa shape index (κ2) is 6.48. The zero-order valence-electron chi connectivity index (χ0n) is 14.3. The van der Waals surface area contributed by atoms with Gasteiger partial charge in [0.15, 0.2) is 0 Å². The number of sulfonamides is 1. The quantitative estimate of drug-likeness (QED) is 0.589. The lowest BCUT2D eigenvalue weighted by Crippen LogP contribution is -2.48. The van der Waals surface area contributed by atoms with Crippen molar-refractivity contribution in [3.05, 3.63) is 56.6 Å². The molecule has 0 saturated carbocycles. The molecule has 1 heterocycles. The maximum absolute atomic E-state index is 13.1.